The average molecular weight is 194 g/mol. The predicted octanol–water partition coefficient (Wildman–Crippen LogP) is 0.687. The Bertz CT molecular complexity index is 287. The van der Waals surface area contributed by atoms with E-state index in [0.717, 1.165) is 5.69 Å². The fraction of sp³-hybridized carbons (Fsp3) is 0.400. The van der Waals surface area contributed by atoms with E-state index in [1.165, 1.54) is 7.11 Å². The zero-order chi connectivity index (χ0) is 10.4. The normalized spacial score (nSPS) is 12.1. The van der Waals surface area contributed by atoms with E-state index < -0.39 is 0 Å². The minimum Gasteiger partial charge on any atom is -0.469 e. The highest BCUT2D eigenvalue weighted by molar-refractivity contribution is 5.70. The van der Waals surface area contributed by atoms with Crippen molar-refractivity contribution < 1.29 is 9.53 Å². The number of hydrogen-bond acceptors (Lipinski definition) is 4. The summed E-state index contributed by atoms with van der Waals surface area (Å²) in [6.45, 7) is 0.395. The number of nitrogens with two attached hydrogens (primary N) is 1. The maximum Gasteiger partial charge on any atom is 0.306 e. The van der Waals surface area contributed by atoms with Gasteiger partial charge in [-0.2, -0.15) is 0 Å². The minimum atomic E-state index is -0.258. The average Bonchev–Trinajstić information content (AvgIpc) is 2.26. The van der Waals surface area contributed by atoms with Gasteiger partial charge in [0.15, 0.2) is 0 Å². The highest BCUT2D eigenvalue weighted by Gasteiger charge is 2.15. The molecule has 4 heteroatoms. The van der Waals surface area contributed by atoms with Crippen LogP contribution in [0.2, 0.25) is 0 Å². The molecule has 2 N–H and O–H groups in total. The second kappa shape index (κ2) is 5.34. The number of aromatic nitrogens is 1. The summed E-state index contributed by atoms with van der Waals surface area (Å²) >= 11 is 0. The summed E-state index contributed by atoms with van der Waals surface area (Å²) in [6, 6.07) is 5.57. The van der Waals surface area contributed by atoms with Crippen LogP contribution in [-0.2, 0) is 9.53 Å². The van der Waals surface area contributed by atoms with Gasteiger partial charge in [0.05, 0.1) is 13.5 Å². The monoisotopic (exact) mass is 194 g/mol. The van der Waals surface area contributed by atoms with Crippen molar-refractivity contribution in [2.24, 2.45) is 5.73 Å². The highest BCUT2D eigenvalue weighted by atomic mass is 16.5. The Balaban J connectivity index is 2.68. The maximum atomic E-state index is 11.0. The Labute approximate surface area is 83.1 Å². The number of ether oxygens (including phenoxy) is 1. The summed E-state index contributed by atoms with van der Waals surface area (Å²) in [5.41, 5.74) is 6.39. The molecule has 4 nitrogen and oxygen atoms in total. The van der Waals surface area contributed by atoms with Crippen molar-refractivity contribution in [3.63, 3.8) is 0 Å². The van der Waals surface area contributed by atoms with Crippen LogP contribution in [0.3, 0.4) is 0 Å². The number of rotatable bonds is 4. The summed E-state index contributed by atoms with van der Waals surface area (Å²) in [6.07, 6.45) is 1.97. The van der Waals surface area contributed by atoms with Gasteiger partial charge in [0, 0.05) is 24.4 Å². The van der Waals surface area contributed by atoms with Gasteiger partial charge in [-0.1, -0.05) is 6.07 Å². The van der Waals surface area contributed by atoms with Gasteiger partial charge in [-0.05, 0) is 12.1 Å². The summed E-state index contributed by atoms with van der Waals surface area (Å²) < 4.78 is 4.58. The van der Waals surface area contributed by atoms with Gasteiger partial charge in [-0.3, -0.25) is 9.78 Å². The van der Waals surface area contributed by atoms with E-state index in [4.69, 9.17) is 5.73 Å². The first-order valence-corrected chi connectivity index (χ1v) is 4.45. The van der Waals surface area contributed by atoms with Crippen LogP contribution in [0.5, 0.6) is 0 Å². The molecule has 1 atom stereocenters. The molecular weight excluding hydrogens is 180 g/mol. The molecule has 0 aromatic carbocycles. The third-order valence-electron chi connectivity index (χ3n) is 2.03. The van der Waals surface area contributed by atoms with Crippen molar-refractivity contribution in [3.8, 4) is 0 Å². The molecule has 1 unspecified atom stereocenters. The van der Waals surface area contributed by atoms with Crippen LogP contribution in [0.4, 0.5) is 0 Å². The number of hydrogen-bond donors (Lipinski definition) is 1. The van der Waals surface area contributed by atoms with E-state index in [0.29, 0.717) is 6.54 Å². The lowest BCUT2D eigenvalue weighted by atomic mass is 10.0. The molecule has 0 bridgehead atoms. The molecule has 0 spiro atoms. The smallest absolute Gasteiger partial charge is 0.306 e. The minimum absolute atomic E-state index is 0.0522. The van der Waals surface area contributed by atoms with Crippen LogP contribution < -0.4 is 5.73 Å². The van der Waals surface area contributed by atoms with Gasteiger partial charge in [-0.25, -0.2) is 0 Å². The standard InChI is InChI=1S/C10H14N2O2/c1-14-10(13)6-8(7-11)9-4-2-3-5-12-9/h2-5,8H,6-7,11H2,1H3. The largest absolute Gasteiger partial charge is 0.469 e. The molecule has 0 aliphatic rings. The molecule has 0 aliphatic heterocycles. The van der Waals surface area contributed by atoms with Crippen LogP contribution >= 0.6 is 0 Å². The fourth-order valence-electron chi connectivity index (χ4n) is 1.21. The van der Waals surface area contributed by atoms with E-state index in [2.05, 4.69) is 9.72 Å². The molecule has 14 heavy (non-hydrogen) atoms. The van der Waals surface area contributed by atoms with Gasteiger partial charge in [-0.15, -0.1) is 0 Å². The van der Waals surface area contributed by atoms with Crippen LogP contribution in [0, 0.1) is 0 Å². The molecule has 0 radical (unpaired) electrons. The van der Waals surface area contributed by atoms with Crippen molar-refractivity contribution in [3.05, 3.63) is 30.1 Å². The second-order valence-corrected chi connectivity index (χ2v) is 2.97. The number of methoxy groups -OCH3 is 1. The van der Waals surface area contributed by atoms with Crippen molar-refractivity contribution in [1.82, 2.24) is 4.98 Å². The summed E-state index contributed by atoms with van der Waals surface area (Å²) in [5, 5.41) is 0. The molecular formula is C10H14N2O2. The molecule has 0 saturated heterocycles. The van der Waals surface area contributed by atoms with Gasteiger partial charge in [0.1, 0.15) is 0 Å². The van der Waals surface area contributed by atoms with Gasteiger partial charge < -0.3 is 10.5 Å². The van der Waals surface area contributed by atoms with Crippen molar-refractivity contribution in [2.45, 2.75) is 12.3 Å². The van der Waals surface area contributed by atoms with Crippen molar-refractivity contribution in [2.75, 3.05) is 13.7 Å². The van der Waals surface area contributed by atoms with Crippen LogP contribution in [0.25, 0.3) is 0 Å². The number of nitrogens with zero attached hydrogens (tertiary/aromatic N) is 1. The molecule has 1 aromatic heterocycles. The first-order chi connectivity index (χ1) is 6.77. The van der Waals surface area contributed by atoms with E-state index in [1.807, 2.05) is 18.2 Å². The molecule has 0 aliphatic carbocycles. The number of pyridine rings is 1. The van der Waals surface area contributed by atoms with Crippen LogP contribution in [0.1, 0.15) is 18.0 Å². The molecule has 0 amide bonds. The SMILES string of the molecule is COC(=O)CC(CN)c1ccccn1. The van der Waals surface area contributed by atoms with Crippen molar-refractivity contribution >= 4 is 5.97 Å². The predicted molar refractivity (Wildman–Crippen MR) is 52.7 cm³/mol. The zero-order valence-corrected chi connectivity index (χ0v) is 8.14. The molecule has 1 heterocycles. The number of carbonyl (C=O) groups excluding carboxylic acids is 1. The molecule has 0 saturated carbocycles. The van der Waals surface area contributed by atoms with E-state index in [-0.39, 0.29) is 18.3 Å². The zero-order valence-electron chi connectivity index (χ0n) is 8.14. The highest BCUT2D eigenvalue weighted by Crippen LogP contribution is 2.15. The summed E-state index contributed by atoms with van der Waals surface area (Å²) in [7, 11) is 1.37. The third-order valence-corrected chi connectivity index (χ3v) is 2.03. The Morgan fingerprint density at radius 2 is 2.43 bits per heavy atom. The van der Waals surface area contributed by atoms with E-state index in [9.17, 15) is 4.79 Å². The number of carbonyl (C=O) groups is 1. The number of esters is 1. The molecule has 76 valence electrons. The third kappa shape index (κ3) is 2.81. The lowest BCUT2D eigenvalue weighted by Crippen LogP contribution is -2.18. The summed E-state index contributed by atoms with van der Waals surface area (Å²) in [4.78, 5) is 15.2. The van der Waals surface area contributed by atoms with Crippen molar-refractivity contribution in [1.29, 1.82) is 0 Å². The fourth-order valence-corrected chi connectivity index (χ4v) is 1.21. The van der Waals surface area contributed by atoms with Gasteiger partial charge in [0.25, 0.3) is 0 Å². The van der Waals surface area contributed by atoms with E-state index in [1.54, 1.807) is 6.20 Å². The second-order valence-electron chi connectivity index (χ2n) is 2.97. The van der Waals surface area contributed by atoms with Gasteiger partial charge >= 0.3 is 5.97 Å². The Morgan fingerprint density at radius 1 is 1.64 bits per heavy atom. The summed E-state index contributed by atoms with van der Waals surface area (Å²) in [5.74, 6) is -0.310. The quantitative estimate of drug-likeness (QED) is 0.716. The lowest BCUT2D eigenvalue weighted by Gasteiger charge is -2.11. The lowest BCUT2D eigenvalue weighted by molar-refractivity contribution is -0.141. The maximum absolute atomic E-state index is 11.0. The Hall–Kier alpha value is -1.42. The molecule has 1 rings (SSSR count). The van der Waals surface area contributed by atoms with Crippen LogP contribution in [0.15, 0.2) is 24.4 Å². The van der Waals surface area contributed by atoms with E-state index >= 15 is 0 Å². The Morgan fingerprint density at radius 3 is 2.93 bits per heavy atom. The van der Waals surface area contributed by atoms with Crippen LogP contribution in [-0.4, -0.2) is 24.6 Å². The Kier molecular flexibility index (Phi) is 4.07. The first kappa shape index (κ1) is 10.7. The first-order valence-electron chi connectivity index (χ1n) is 4.45. The topological polar surface area (TPSA) is 65.2 Å². The molecule has 0 fully saturated rings. The van der Waals surface area contributed by atoms with Gasteiger partial charge in [0.2, 0.25) is 0 Å². The molecule has 1 aromatic rings.